The SMILES string of the molecule is CN1CCN(S(=O)(=O)c2ccc(SCC(=O)Nc3sc4c(c3C#N)CCC4)nc2)CC1. The van der Waals surface area contributed by atoms with E-state index in [1.54, 1.807) is 12.1 Å². The molecular weight excluding hydrogens is 454 g/mol. The van der Waals surface area contributed by atoms with Crippen LogP contribution in [-0.4, -0.2) is 67.5 Å². The molecule has 0 saturated carbocycles. The fourth-order valence-electron chi connectivity index (χ4n) is 3.70. The molecule has 1 saturated heterocycles. The van der Waals surface area contributed by atoms with Gasteiger partial charge in [0.15, 0.2) is 0 Å². The number of aromatic nitrogens is 1. The number of aryl methyl sites for hydroxylation is 1. The first-order valence-electron chi connectivity index (χ1n) is 10.0. The number of hydrogen-bond acceptors (Lipinski definition) is 8. The highest BCUT2D eigenvalue weighted by Crippen LogP contribution is 2.38. The molecule has 11 heteroatoms. The van der Waals surface area contributed by atoms with Crippen LogP contribution in [0.15, 0.2) is 28.3 Å². The monoisotopic (exact) mass is 477 g/mol. The molecule has 2 aromatic rings. The third-order valence-electron chi connectivity index (χ3n) is 5.45. The Morgan fingerprint density at radius 2 is 2.06 bits per heavy atom. The minimum absolute atomic E-state index is 0.130. The lowest BCUT2D eigenvalue weighted by Gasteiger charge is -2.31. The van der Waals surface area contributed by atoms with Crippen LogP contribution in [0.5, 0.6) is 0 Å². The van der Waals surface area contributed by atoms with Crippen molar-refractivity contribution in [2.45, 2.75) is 29.2 Å². The zero-order chi connectivity index (χ0) is 22.0. The average molecular weight is 478 g/mol. The van der Waals surface area contributed by atoms with E-state index in [0.717, 1.165) is 24.8 Å². The van der Waals surface area contributed by atoms with Crippen LogP contribution in [0.25, 0.3) is 0 Å². The molecule has 1 aliphatic carbocycles. The van der Waals surface area contributed by atoms with Crippen LogP contribution in [-0.2, 0) is 27.7 Å². The molecule has 0 bridgehead atoms. The van der Waals surface area contributed by atoms with Crippen molar-refractivity contribution in [1.29, 1.82) is 5.26 Å². The smallest absolute Gasteiger partial charge is 0.244 e. The third kappa shape index (κ3) is 4.78. The summed E-state index contributed by atoms with van der Waals surface area (Å²) in [5, 5.41) is 13.5. The number of thiophene rings is 1. The van der Waals surface area contributed by atoms with Crippen molar-refractivity contribution in [1.82, 2.24) is 14.2 Å². The van der Waals surface area contributed by atoms with Gasteiger partial charge in [0, 0.05) is 37.3 Å². The molecule has 2 aliphatic rings. The number of nitrogens with one attached hydrogen (secondary N) is 1. The number of amides is 1. The van der Waals surface area contributed by atoms with E-state index in [1.807, 2.05) is 7.05 Å². The molecule has 0 radical (unpaired) electrons. The van der Waals surface area contributed by atoms with Crippen molar-refractivity contribution in [3.05, 3.63) is 34.3 Å². The van der Waals surface area contributed by atoms with E-state index in [4.69, 9.17) is 0 Å². The lowest BCUT2D eigenvalue weighted by molar-refractivity contribution is -0.113. The van der Waals surface area contributed by atoms with Gasteiger partial charge in [0.05, 0.1) is 16.3 Å². The second-order valence-corrected chi connectivity index (χ2v) is 11.6. The number of pyridine rings is 1. The van der Waals surface area contributed by atoms with Gasteiger partial charge in [0.2, 0.25) is 15.9 Å². The predicted molar refractivity (Wildman–Crippen MR) is 121 cm³/mol. The van der Waals surface area contributed by atoms with Crippen molar-refractivity contribution in [3.8, 4) is 6.07 Å². The van der Waals surface area contributed by atoms with E-state index in [2.05, 4.69) is 21.3 Å². The van der Waals surface area contributed by atoms with Gasteiger partial charge in [0.1, 0.15) is 16.0 Å². The molecular formula is C20H23N5O3S3. The number of piperazine rings is 1. The highest BCUT2D eigenvalue weighted by Gasteiger charge is 2.28. The summed E-state index contributed by atoms with van der Waals surface area (Å²) in [6.07, 6.45) is 4.27. The standard InChI is InChI=1S/C20H23N5O3S3/c1-24-7-9-25(10-8-24)31(27,28)14-5-6-19(22-12-14)29-13-18(26)23-20-16(11-21)15-3-2-4-17(15)30-20/h5-6,12H,2-4,7-10,13H2,1H3,(H,23,26). The molecule has 8 nitrogen and oxygen atoms in total. The summed E-state index contributed by atoms with van der Waals surface area (Å²) in [6, 6.07) is 5.38. The van der Waals surface area contributed by atoms with Crippen LogP contribution in [0.3, 0.4) is 0 Å². The second kappa shape index (κ2) is 9.26. The summed E-state index contributed by atoms with van der Waals surface area (Å²) in [4.78, 5) is 20.0. The summed E-state index contributed by atoms with van der Waals surface area (Å²) in [5.41, 5.74) is 1.67. The number of anilines is 1. The quantitative estimate of drug-likeness (QED) is 0.636. The van der Waals surface area contributed by atoms with E-state index in [9.17, 15) is 18.5 Å². The number of hydrogen-bond donors (Lipinski definition) is 1. The molecule has 1 fully saturated rings. The van der Waals surface area contributed by atoms with Gasteiger partial charge in [0.25, 0.3) is 0 Å². The number of carbonyl (C=O) groups is 1. The van der Waals surface area contributed by atoms with E-state index >= 15 is 0 Å². The largest absolute Gasteiger partial charge is 0.316 e. The van der Waals surface area contributed by atoms with Gasteiger partial charge in [-0.25, -0.2) is 13.4 Å². The first-order valence-corrected chi connectivity index (χ1v) is 13.2. The van der Waals surface area contributed by atoms with Gasteiger partial charge >= 0.3 is 0 Å². The van der Waals surface area contributed by atoms with E-state index in [1.165, 1.54) is 38.5 Å². The van der Waals surface area contributed by atoms with Crippen LogP contribution in [0, 0.1) is 11.3 Å². The molecule has 1 amide bonds. The van der Waals surface area contributed by atoms with Crippen molar-refractivity contribution in [2.24, 2.45) is 0 Å². The molecule has 4 rings (SSSR count). The molecule has 3 heterocycles. The molecule has 164 valence electrons. The molecule has 0 unspecified atom stereocenters. The second-order valence-electron chi connectivity index (χ2n) is 7.55. The van der Waals surface area contributed by atoms with Gasteiger partial charge in [-0.05, 0) is 44.0 Å². The number of nitrogens with zero attached hydrogens (tertiary/aromatic N) is 4. The summed E-state index contributed by atoms with van der Waals surface area (Å²) in [5.74, 6) is -0.0808. The Morgan fingerprint density at radius 3 is 2.74 bits per heavy atom. The van der Waals surface area contributed by atoms with Crippen LogP contribution < -0.4 is 5.32 Å². The first-order chi connectivity index (χ1) is 14.9. The lowest BCUT2D eigenvalue weighted by Crippen LogP contribution is -2.47. The Hall–Kier alpha value is -1.97. The molecule has 0 aromatic carbocycles. The summed E-state index contributed by atoms with van der Waals surface area (Å²) in [7, 11) is -1.58. The minimum Gasteiger partial charge on any atom is -0.316 e. The number of thioether (sulfide) groups is 1. The molecule has 2 aromatic heterocycles. The van der Waals surface area contributed by atoms with E-state index in [0.29, 0.717) is 41.8 Å². The Kier molecular flexibility index (Phi) is 6.64. The Morgan fingerprint density at radius 1 is 1.29 bits per heavy atom. The number of likely N-dealkylation sites (N-methyl/N-ethyl adjacent to an activating group) is 1. The van der Waals surface area contributed by atoms with E-state index in [-0.39, 0.29) is 16.6 Å². The van der Waals surface area contributed by atoms with Gasteiger partial charge in [-0.1, -0.05) is 11.8 Å². The topological polar surface area (TPSA) is 106 Å². The zero-order valence-electron chi connectivity index (χ0n) is 17.1. The molecule has 31 heavy (non-hydrogen) atoms. The van der Waals surface area contributed by atoms with Crippen molar-refractivity contribution in [3.63, 3.8) is 0 Å². The van der Waals surface area contributed by atoms with Gasteiger partial charge in [-0.2, -0.15) is 9.57 Å². The maximum atomic E-state index is 12.8. The number of nitriles is 1. The number of sulfonamides is 1. The highest BCUT2D eigenvalue weighted by atomic mass is 32.2. The minimum atomic E-state index is -3.55. The van der Waals surface area contributed by atoms with Crippen LogP contribution >= 0.6 is 23.1 Å². The summed E-state index contributed by atoms with van der Waals surface area (Å²) < 4.78 is 27.0. The fourth-order valence-corrected chi connectivity index (χ4v) is 6.96. The Bertz CT molecular complexity index is 1110. The number of rotatable bonds is 6. The van der Waals surface area contributed by atoms with Crippen LogP contribution in [0.1, 0.15) is 22.4 Å². The van der Waals surface area contributed by atoms with Crippen LogP contribution in [0.2, 0.25) is 0 Å². The van der Waals surface area contributed by atoms with Gasteiger partial charge in [-0.15, -0.1) is 11.3 Å². The lowest BCUT2D eigenvalue weighted by atomic mass is 10.1. The number of carbonyl (C=O) groups excluding carboxylic acids is 1. The molecule has 1 N–H and O–H groups in total. The maximum absolute atomic E-state index is 12.8. The predicted octanol–water partition coefficient (Wildman–Crippen LogP) is 2.17. The summed E-state index contributed by atoms with van der Waals surface area (Å²) >= 11 is 2.72. The van der Waals surface area contributed by atoms with Gasteiger partial charge in [-0.3, -0.25) is 4.79 Å². The zero-order valence-corrected chi connectivity index (χ0v) is 19.6. The van der Waals surface area contributed by atoms with Crippen molar-refractivity contribution in [2.75, 3.05) is 44.3 Å². The summed E-state index contributed by atoms with van der Waals surface area (Å²) in [6.45, 7) is 2.34. The number of fused-ring (bicyclic) bond motifs is 1. The van der Waals surface area contributed by atoms with Gasteiger partial charge < -0.3 is 10.2 Å². The molecule has 0 spiro atoms. The van der Waals surface area contributed by atoms with E-state index < -0.39 is 10.0 Å². The average Bonchev–Trinajstić information content (AvgIpc) is 3.33. The Balaban J connectivity index is 1.34. The third-order valence-corrected chi connectivity index (χ3v) is 9.48. The normalized spacial score (nSPS) is 17.3. The molecule has 1 aliphatic heterocycles. The van der Waals surface area contributed by atoms with Crippen molar-refractivity contribution >= 4 is 44.0 Å². The fraction of sp³-hybridized carbons (Fsp3) is 0.450. The van der Waals surface area contributed by atoms with Crippen LogP contribution in [0.4, 0.5) is 5.00 Å². The maximum Gasteiger partial charge on any atom is 0.244 e. The molecule has 0 atom stereocenters. The highest BCUT2D eigenvalue weighted by molar-refractivity contribution is 7.99. The van der Waals surface area contributed by atoms with Crippen molar-refractivity contribution < 1.29 is 13.2 Å². The Labute approximate surface area is 190 Å². The first kappa shape index (κ1) is 22.2.